The van der Waals surface area contributed by atoms with E-state index in [1.807, 2.05) is 33.1 Å². The van der Waals surface area contributed by atoms with E-state index in [4.69, 9.17) is 0 Å². The molecule has 0 unspecified atom stereocenters. The Morgan fingerprint density at radius 1 is 1.18 bits per heavy atom. The number of hydrogen-bond acceptors (Lipinski definition) is 1. The van der Waals surface area contributed by atoms with Crippen LogP contribution in [-0.2, 0) is 0 Å². The molecule has 0 atom stereocenters. The van der Waals surface area contributed by atoms with Gasteiger partial charge in [-0.1, -0.05) is 25.5 Å². The van der Waals surface area contributed by atoms with Gasteiger partial charge in [-0.05, 0) is 19.9 Å². The maximum absolute atomic E-state index is 4.16. The predicted molar refractivity (Wildman–Crippen MR) is 52.0 cm³/mol. The van der Waals surface area contributed by atoms with E-state index in [0.29, 0.717) is 0 Å². The Balaban J connectivity index is 0.000000461. The Kier molecular flexibility index (Phi) is 5.44. The molecule has 0 spiro atoms. The Morgan fingerprint density at radius 2 is 1.82 bits per heavy atom. The van der Waals surface area contributed by atoms with Crippen LogP contribution in [0.15, 0.2) is 28.4 Å². The quantitative estimate of drug-likeness (QED) is 0.503. The monoisotopic (exact) mass is 151 g/mol. The first-order chi connectivity index (χ1) is 5.29. The van der Waals surface area contributed by atoms with E-state index < -0.39 is 0 Å². The topological polar surface area (TPSA) is 12.4 Å². The molecule has 0 amide bonds. The SMILES string of the molecule is CC.CC1=CC=C(C)N=CC1. The summed E-state index contributed by atoms with van der Waals surface area (Å²) < 4.78 is 0. The minimum absolute atomic E-state index is 0.994. The van der Waals surface area contributed by atoms with Crippen molar-refractivity contribution in [3.8, 4) is 0 Å². The molecule has 0 aliphatic carbocycles. The van der Waals surface area contributed by atoms with Crippen molar-refractivity contribution in [3.63, 3.8) is 0 Å². The molecule has 1 heterocycles. The van der Waals surface area contributed by atoms with E-state index in [9.17, 15) is 0 Å². The predicted octanol–water partition coefficient (Wildman–Crippen LogP) is 3.34. The first kappa shape index (κ1) is 10.2. The molecular weight excluding hydrogens is 134 g/mol. The molecule has 0 radical (unpaired) electrons. The summed E-state index contributed by atoms with van der Waals surface area (Å²) >= 11 is 0. The van der Waals surface area contributed by atoms with E-state index in [1.54, 1.807) is 0 Å². The molecule has 1 heteroatoms. The van der Waals surface area contributed by atoms with Gasteiger partial charge < -0.3 is 0 Å². The van der Waals surface area contributed by atoms with Crippen LogP contribution in [0.2, 0.25) is 0 Å². The zero-order valence-electron chi connectivity index (χ0n) is 7.89. The average molecular weight is 151 g/mol. The Labute approximate surface area is 69.5 Å². The lowest BCUT2D eigenvalue weighted by Crippen LogP contribution is -1.74. The van der Waals surface area contributed by atoms with Crippen molar-refractivity contribution < 1.29 is 0 Å². The van der Waals surface area contributed by atoms with Crippen molar-refractivity contribution >= 4 is 6.21 Å². The molecule has 0 saturated heterocycles. The van der Waals surface area contributed by atoms with Crippen molar-refractivity contribution in [2.45, 2.75) is 34.1 Å². The average Bonchev–Trinajstić information content (AvgIpc) is 2.20. The van der Waals surface area contributed by atoms with Gasteiger partial charge in [0.2, 0.25) is 0 Å². The van der Waals surface area contributed by atoms with Crippen molar-refractivity contribution in [1.82, 2.24) is 0 Å². The molecule has 0 N–H and O–H groups in total. The molecule has 0 bridgehead atoms. The molecular formula is C10H17N. The van der Waals surface area contributed by atoms with Gasteiger partial charge in [0.15, 0.2) is 0 Å². The number of rotatable bonds is 0. The molecule has 0 aromatic heterocycles. The molecule has 62 valence electrons. The Hall–Kier alpha value is -0.850. The standard InChI is InChI=1S/C8H11N.C2H6/c1-7-3-4-8(2)9-6-5-7;1-2/h3-4,6H,5H2,1-2H3;1-2H3. The van der Waals surface area contributed by atoms with Crippen LogP contribution in [0.4, 0.5) is 0 Å². The van der Waals surface area contributed by atoms with Gasteiger partial charge in [0.05, 0.1) is 0 Å². The lowest BCUT2D eigenvalue weighted by atomic mass is 10.2. The highest BCUT2D eigenvalue weighted by Gasteiger charge is 1.89. The fraction of sp³-hybridized carbons (Fsp3) is 0.500. The van der Waals surface area contributed by atoms with E-state index in [2.05, 4.69) is 18.0 Å². The molecule has 1 nitrogen and oxygen atoms in total. The summed E-state index contributed by atoms with van der Waals surface area (Å²) in [4.78, 5) is 4.16. The summed E-state index contributed by atoms with van der Waals surface area (Å²) in [6.45, 7) is 8.12. The van der Waals surface area contributed by atoms with Crippen molar-refractivity contribution in [3.05, 3.63) is 23.4 Å². The summed E-state index contributed by atoms with van der Waals surface area (Å²) in [5, 5.41) is 0. The van der Waals surface area contributed by atoms with Gasteiger partial charge in [0.25, 0.3) is 0 Å². The molecule has 1 aliphatic heterocycles. The van der Waals surface area contributed by atoms with E-state index in [1.165, 1.54) is 5.57 Å². The lowest BCUT2D eigenvalue weighted by molar-refractivity contribution is 1.28. The highest BCUT2D eigenvalue weighted by Crippen LogP contribution is 2.05. The van der Waals surface area contributed by atoms with Crippen LogP contribution < -0.4 is 0 Å². The molecule has 0 saturated carbocycles. The normalized spacial score (nSPS) is 15.6. The number of allylic oxidation sites excluding steroid dienone is 4. The molecule has 11 heavy (non-hydrogen) atoms. The second-order valence-corrected chi connectivity index (χ2v) is 2.34. The third-order valence-corrected chi connectivity index (χ3v) is 1.32. The van der Waals surface area contributed by atoms with Crippen LogP contribution in [0, 0.1) is 0 Å². The number of hydrogen-bond donors (Lipinski definition) is 0. The summed E-state index contributed by atoms with van der Waals surface area (Å²) in [7, 11) is 0. The minimum Gasteiger partial charge on any atom is -0.266 e. The smallest absolute Gasteiger partial charge is 0.0368 e. The zero-order chi connectivity index (χ0) is 8.69. The van der Waals surface area contributed by atoms with Crippen LogP contribution in [0.5, 0.6) is 0 Å². The molecule has 1 aliphatic rings. The largest absolute Gasteiger partial charge is 0.266 e. The first-order valence-electron chi connectivity index (χ1n) is 4.15. The van der Waals surface area contributed by atoms with Crippen LogP contribution in [0.1, 0.15) is 34.1 Å². The van der Waals surface area contributed by atoms with E-state index in [-0.39, 0.29) is 0 Å². The molecule has 0 aromatic carbocycles. The van der Waals surface area contributed by atoms with Gasteiger partial charge in [-0.15, -0.1) is 0 Å². The Morgan fingerprint density at radius 3 is 2.45 bits per heavy atom. The van der Waals surface area contributed by atoms with E-state index in [0.717, 1.165) is 12.1 Å². The van der Waals surface area contributed by atoms with Crippen molar-refractivity contribution in [2.75, 3.05) is 0 Å². The number of aliphatic imine (C=N–C) groups is 1. The summed E-state index contributed by atoms with van der Waals surface area (Å²) in [5.74, 6) is 0. The zero-order valence-corrected chi connectivity index (χ0v) is 7.89. The van der Waals surface area contributed by atoms with Gasteiger partial charge in [0.1, 0.15) is 0 Å². The lowest BCUT2D eigenvalue weighted by Gasteiger charge is -1.85. The van der Waals surface area contributed by atoms with Crippen LogP contribution >= 0.6 is 0 Å². The summed E-state index contributed by atoms with van der Waals surface area (Å²) in [6.07, 6.45) is 7.10. The molecule has 0 fully saturated rings. The third kappa shape index (κ3) is 4.54. The molecule has 1 rings (SSSR count). The van der Waals surface area contributed by atoms with Gasteiger partial charge in [-0.3, -0.25) is 4.99 Å². The van der Waals surface area contributed by atoms with E-state index >= 15 is 0 Å². The van der Waals surface area contributed by atoms with Crippen LogP contribution in [0.25, 0.3) is 0 Å². The first-order valence-corrected chi connectivity index (χ1v) is 4.15. The third-order valence-electron chi connectivity index (χ3n) is 1.32. The van der Waals surface area contributed by atoms with Crippen molar-refractivity contribution in [2.24, 2.45) is 4.99 Å². The Bertz CT molecular complexity index is 185. The summed E-state index contributed by atoms with van der Waals surface area (Å²) in [5.41, 5.74) is 2.46. The van der Waals surface area contributed by atoms with Crippen LogP contribution in [-0.4, -0.2) is 6.21 Å². The fourth-order valence-corrected chi connectivity index (χ4v) is 0.708. The second kappa shape index (κ2) is 5.90. The summed E-state index contributed by atoms with van der Waals surface area (Å²) in [6, 6.07) is 0. The minimum atomic E-state index is 0.994. The second-order valence-electron chi connectivity index (χ2n) is 2.34. The highest BCUT2D eigenvalue weighted by atomic mass is 14.7. The van der Waals surface area contributed by atoms with Crippen molar-refractivity contribution in [1.29, 1.82) is 0 Å². The highest BCUT2D eigenvalue weighted by molar-refractivity contribution is 5.63. The van der Waals surface area contributed by atoms with Gasteiger partial charge in [0, 0.05) is 18.3 Å². The number of nitrogens with zero attached hydrogens (tertiary/aromatic N) is 1. The van der Waals surface area contributed by atoms with Gasteiger partial charge in [-0.2, -0.15) is 0 Å². The van der Waals surface area contributed by atoms with Gasteiger partial charge >= 0.3 is 0 Å². The fourth-order valence-electron chi connectivity index (χ4n) is 0.708. The van der Waals surface area contributed by atoms with Gasteiger partial charge in [-0.25, -0.2) is 0 Å². The molecule has 0 aromatic rings. The van der Waals surface area contributed by atoms with Crippen LogP contribution in [0.3, 0.4) is 0 Å². The maximum atomic E-state index is 4.16. The maximum Gasteiger partial charge on any atom is 0.0368 e.